The first-order chi connectivity index (χ1) is 9.82. The average Bonchev–Trinajstić information content (AvgIpc) is 2.35. The summed E-state index contributed by atoms with van der Waals surface area (Å²) in [5.74, 6) is 1.14. The molecule has 1 N–H and O–H groups in total. The molecule has 0 amide bonds. The van der Waals surface area contributed by atoms with Gasteiger partial charge in [-0.05, 0) is 56.7 Å². The van der Waals surface area contributed by atoms with Crippen LogP contribution in [0.2, 0.25) is 0 Å². The summed E-state index contributed by atoms with van der Waals surface area (Å²) < 4.78 is 20.4. The first kappa shape index (κ1) is 16.3. The number of ether oxygens (including phenoxy) is 1. The molecule has 0 radical (unpaired) electrons. The number of rotatable bonds is 4. The largest absolute Gasteiger partial charge is 0.490 e. The van der Waals surface area contributed by atoms with Crippen molar-refractivity contribution in [3.63, 3.8) is 0 Å². The molecule has 0 saturated heterocycles. The first-order valence-corrected chi connectivity index (χ1v) is 7.94. The van der Waals surface area contributed by atoms with E-state index in [1.54, 1.807) is 6.07 Å². The molecule has 1 fully saturated rings. The van der Waals surface area contributed by atoms with Crippen molar-refractivity contribution in [1.29, 1.82) is 0 Å². The lowest BCUT2D eigenvalue weighted by Gasteiger charge is -2.39. The van der Waals surface area contributed by atoms with E-state index in [-0.39, 0.29) is 18.0 Å². The third-order valence-corrected chi connectivity index (χ3v) is 4.52. The van der Waals surface area contributed by atoms with Crippen LogP contribution in [0.25, 0.3) is 0 Å². The van der Waals surface area contributed by atoms with Gasteiger partial charge in [0.05, 0.1) is 6.10 Å². The van der Waals surface area contributed by atoms with Gasteiger partial charge in [0.15, 0.2) is 0 Å². The van der Waals surface area contributed by atoms with Crippen LogP contribution in [0, 0.1) is 17.2 Å². The molecule has 1 aromatic rings. The van der Waals surface area contributed by atoms with E-state index in [2.05, 4.69) is 26.1 Å². The Labute approximate surface area is 128 Å². The van der Waals surface area contributed by atoms with E-state index < -0.39 is 0 Å². The molecule has 3 unspecified atom stereocenters. The number of hydrogen-bond donors (Lipinski definition) is 1. The van der Waals surface area contributed by atoms with Gasteiger partial charge < -0.3 is 10.1 Å². The summed E-state index contributed by atoms with van der Waals surface area (Å²) in [4.78, 5) is 0. The predicted octanol–water partition coefficient (Wildman–Crippen LogP) is 4.70. The van der Waals surface area contributed by atoms with Crippen molar-refractivity contribution in [2.45, 2.75) is 59.1 Å². The summed E-state index contributed by atoms with van der Waals surface area (Å²) in [6.45, 7) is 8.82. The molecular weight excluding hydrogens is 265 g/mol. The Morgan fingerprint density at radius 3 is 2.67 bits per heavy atom. The topological polar surface area (TPSA) is 21.3 Å². The normalized spacial score (nSPS) is 26.4. The maximum atomic E-state index is 14.2. The van der Waals surface area contributed by atoms with Gasteiger partial charge >= 0.3 is 0 Å². The quantitative estimate of drug-likeness (QED) is 0.869. The van der Waals surface area contributed by atoms with E-state index in [1.165, 1.54) is 12.5 Å². The minimum atomic E-state index is -0.197. The van der Waals surface area contributed by atoms with Crippen molar-refractivity contribution in [2.24, 2.45) is 11.3 Å². The first-order valence-electron chi connectivity index (χ1n) is 7.94. The van der Waals surface area contributed by atoms with Crippen LogP contribution in [-0.2, 0) is 0 Å². The maximum absolute atomic E-state index is 14.2. The Bertz CT molecular complexity index is 486. The summed E-state index contributed by atoms with van der Waals surface area (Å²) >= 11 is 0. The van der Waals surface area contributed by atoms with Gasteiger partial charge in [-0.1, -0.05) is 26.8 Å². The Morgan fingerprint density at radius 1 is 1.33 bits per heavy atom. The van der Waals surface area contributed by atoms with E-state index in [9.17, 15) is 4.39 Å². The molecule has 2 rings (SSSR count). The number of halogens is 1. The lowest BCUT2D eigenvalue weighted by molar-refractivity contribution is 0.0550. The van der Waals surface area contributed by atoms with Crippen LogP contribution in [-0.4, -0.2) is 13.2 Å². The van der Waals surface area contributed by atoms with E-state index in [4.69, 9.17) is 4.74 Å². The van der Waals surface area contributed by atoms with E-state index in [1.807, 2.05) is 20.0 Å². The highest BCUT2D eigenvalue weighted by atomic mass is 19.1. The Morgan fingerprint density at radius 2 is 2.05 bits per heavy atom. The fraction of sp³-hybridized carbons (Fsp3) is 0.667. The highest BCUT2D eigenvalue weighted by Gasteiger charge is 2.33. The summed E-state index contributed by atoms with van der Waals surface area (Å²) in [5, 5.41) is 3.10. The van der Waals surface area contributed by atoms with Crippen molar-refractivity contribution >= 4 is 0 Å². The minimum Gasteiger partial charge on any atom is -0.490 e. The van der Waals surface area contributed by atoms with Crippen LogP contribution < -0.4 is 10.1 Å². The molecule has 1 aliphatic rings. The molecule has 0 aliphatic heterocycles. The van der Waals surface area contributed by atoms with Crippen LogP contribution in [0.1, 0.15) is 58.6 Å². The van der Waals surface area contributed by atoms with Gasteiger partial charge in [0.25, 0.3) is 0 Å². The van der Waals surface area contributed by atoms with Gasteiger partial charge in [0.1, 0.15) is 11.6 Å². The van der Waals surface area contributed by atoms with Gasteiger partial charge in [-0.15, -0.1) is 0 Å². The third kappa shape index (κ3) is 3.97. The smallest absolute Gasteiger partial charge is 0.131 e. The number of hydrogen-bond acceptors (Lipinski definition) is 2. The molecule has 2 nitrogen and oxygen atoms in total. The zero-order chi connectivity index (χ0) is 15.6. The fourth-order valence-corrected chi connectivity index (χ4v) is 3.71. The SMILES string of the molecule is CNC(C)c1c(F)cccc1OC1CC(C)CC(C)(C)C1. The molecule has 0 spiro atoms. The second kappa shape index (κ2) is 6.35. The molecule has 1 aliphatic carbocycles. The zero-order valence-corrected chi connectivity index (χ0v) is 13.9. The van der Waals surface area contributed by atoms with E-state index in [0.717, 1.165) is 12.8 Å². The van der Waals surface area contributed by atoms with E-state index in [0.29, 0.717) is 22.6 Å². The van der Waals surface area contributed by atoms with Crippen molar-refractivity contribution in [3.05, 3.63) is 29.6 Å². The molecule has 3 atom stereocenters. The molecule has 0 aromatic heterocycles. The summed E-state index contributed by atoms with van der Waals surface area (Å²) in [6, 6.07) is 5.06. The van der Waals surface area contributed by atoms with Crippen LogP contribution in [0.3, 0.4) is 0 Å². The fourth-order valence-electron chi connectivity index (χ4n) is 3.71. The van der Waals surface area contributed by atoms with Crippen molar-refractivity contribution in [2.75, 3.05) is 7.05 Å². The third-order valence-electron chi connectivity index (χ3n) is 4.52. The van der Waals surface area contributed by atoms with Crippen molar-refractivity contribution < 1.29 is 9.13 Å². The van der Waals surface area contributed by atoms with Gasteiger partial charge in [0, 0.05) is 11.6 Å². The lowest BCUT2D eigenvalue weighted by Crippen LogP contribution is -2.34. The summed E-state index contributed by atoms with van der Waals surface area (Å²) in [6.07, 6.45) is 3.48. The van der Waals surface area contributed by atoms with Gasteiger partial charge in [-0.2, -0.15) is 0 Å². The maximum Gasteiger partial charge on any atom is 0.131 e. The second-order valence-corrected chi connectivity index (χ2v) is 7.32. The zero-order valence-electron chi connectivity index (χ0n) is 13.9. The molecule has 21 heavy (non-hydrogen) atoms. The Kier molecular flexibility index (Phi) is 4.92. The monoisotopic (exact) mass is 293 g/mol. The molecule has 1 aromatic carbocycles. The molecule has 118 valence electrons. The van der Waals surface area contributed by atoms with Crippen LogP contribution in [0.5, 0.6) is 5.75 Å². The lowest BCUT2D eigenvalue weighted by atomic mass is 9.71. The number of nitrogens with one attached hydrogen (secondary N) is 1. The average molecular weight is 293 g/mol. The standard InChI is InChI=1S/C18H28FNO/c1-12-9-14(11-18(3,4)10-12)21-16-8-6-7-15(19)17(16)13(2)20-5/h6-8,12-14,20H,9-11H2,1-5H3. The Balaban J connectivity index is 2.21. The molecule has 3 heteroatoms. The molecule has 1 saturated carbocycles. The van der Waals surface area contributed by atoms with Gasteiger partial charge in [-0.25, -0.2) is 4.39 Å². The second-order valence-electron chi connectivity index (χ2n) is 7.32. The van der Waals surface area contributed by atoms with Gasteiger partial charge in [0.2, 0.25) is 0 Å². The summed E-state index contributed by atoms with van der Waals surface area (Å²) in [7, 11) is 1.84. The van der Waals surface area contributed by atoms with E-state index >= 15 is 0 Å². The molecule has 0 bridgehead atoms. The Hall–Kier alpha value is -1.09. The van der Waals surface area contributed by atoms with Gasteiger partial charge in [-0.3, -0.25) is 0 Å². The highest BCUT2D eigenvalue weighted by molar-refractivity contribution is 5.37. The van der Waals surface area contributed by atoms with Crippen LogP contribution in [0.4, 0.5) is 4.39 Å². The van der Waals surface area contributed by atoms with Crippen molar-refractivity contribution in [3.8, 4) is 5.75 Å². The van der Waals surface area contributed by atoms with Crippen LogP contribution >= 0.6 is 0 Å². The molecular formula is C18H28FNO. The molecule has 0 heterocycles. The number of benzene rings is 1. The summed E-state index contributed by atoms with van der Waals surface area (Å²) in [5.41, 5.74) is 0.931. The minimum absolute atomic E-state index is 0.0600. The predicted molar refractivity (Wildman–Crippen MR) is 85.1 cm³/mol. The van der Waals surface area contributed by atoms with Crippen molar-refractivity contribution in [1.82, 2.24) is 5.32 Å². The highest BCUT2D eigenvalue weighted by Crippen LogP contribution is 2.41. The van der Waals surface area contributed by atoms with Crippen LogP contribution in [0.15, 0.2) is 18.2 Å².